The summed E-state index contributed by atoms with van der Waals surface area (Å²) in [5.41, 5.74) is 1.07. The van der Waals surface area contributed by atoms with E-state index in [9.17, 15) is 9.90 Å². The van der Waals surface area contributed by atoms with Crippen LogP contribution in [0.1, 0.15) is 12.1 Å². The van der Waals surface area contributed by atoms with Crippen molar-refractivity contribution in [1.82, 2.24) is 19.6 Å². The van der Waals surface area contributed by atoms with Gasteiger partial charge in [0.25, 0.3) is 0 Å². The van der Waals surface area contributed by atoms with E-state index in [1.165, 1.54) is 0 Å². The van der Waals surface area contributed by atoms with Gasteiger partial charge in [0.15, 0.2) is 0 Å². The molecule has 21 heavy (non-hydrogen) atoms. The Labute approximate surface area is 126 Å². The maximum atomic E-state index is 12.3. The fourth-order valence-electron chi connectivity index (χ4n) is 3.02. The highest BCUT2D eigenvalue weighted by Crippen LogP contribution is 2.24. The summed E-state index contributed by atoms with van der Waals surface area (Å²) >= 11 is 0. The van der Waals surface area contributed by atoms with E-state index in [2.05, 4.69) is 10.00 Å². The van der Waals surface area contributed by atoms with E-state index < -0.39 is 0 Å². The van der Waals surface area contributed by atoms with Gasteiger partial charge in [-0.05, 0) is 33.0 Å². The molecule has 1 fully saturated rings. The average molecular weight is 294 g/mol. The quantitative estimate of drug-likeness (QED) is 0.815. The second kappa shape index (κ2) is 7.04. The second-order valence-corrected chi connectivity index (χ2v) is 6.21. The summed E-state index contributed by atoms with van der Waals surface area (Å²) in [6.45, 7) is 5.10. The lowest BCUT2D eigenvalue weighted by Crippen LogP contribution is -2.31. The zero-order chi connectivity index (χ0) is 15.4. The zero-order valence-corrected chi connectivity index (χ0v) is 13.2. The molecule has 0 aliphatic carbocycles. The maximum absolute atomic E-state index is 12.3. The molecule has 1 amide bonds. The number of aryl methyl sites for hydroxylation is 2. The molecule has 118 valence electrons. The Balaban J connectivity index is 1.87. The molecule has 2 unspecified atom stereocenters. The molecule has 2 atom stereocenters. The molecule has 1 N–H and O–H groups in total. The number of aliphatic hydroxyl groups is 1. The van der Waals surface area contributed by atoms with E-state index in [1.54, 1.807) is 6.20 Å². The summed E-state index contributed by atoms with van der Waals surface area (Å²) < 4.78 is 1.86. The number of hydrogen-bond acceptors (Lipinski definition) is 4. The van der Waals surface area contributed by atoms with Gasteiger partial charge in [0.05, 0.1) is 0 Å². The van der Waals surface area contributed by atoms with Crippen molar-refractivity contribution in [2.75, 3.05) is 40.3 Å². The van der Waals surface area contributed by atoms with Gasteiger partial charge < -0.3 is 14.9 Å². The van der Waals surface area contributed by atoms with Crippen LogP contribution in [0.15, 0.2) is 12.3 Å². The van der Waals surface area contributed by atoms with Crippen LogP contribution >= 0.6 is 0 Å². The first-order chi connectivity index (χ1) is 10.0. The highest BCUT2D eigenvalue weighted by molar-refractivity contribution is 5.76. The van der Waals surface area contributed by atoms with Crippen molar-refractivity contribution in [3.63, 3.8) is 0 Å². The van der Waals surface area contributed by atoms with Gasteiger partial charge in [-0.1, -0.05) is 0 Å². The summed E-state index contributed by atoms with van der Waals surface area (Å²) in [6, 6.07) is 1.94. The van der Waals surface area contributed by atoms with Gasteiger partial charge >= 0.3 is 0 Å². The van der Waals surface area contributed by atoms with Gasteiger partial charge in [-0.2, -0.15) is 5.10 Å². The lowest BCUT2D eigenvalue weighted by Gasteiger charge is -2.20. The molecule has 6 heteroatoms. The number of rotatable bonds is 6. The van der Waals surface area contributed by atoms with Crippen molar-refractivity contribution < 1.29 is 9.90 Å². The summed E-state index contributed by atoms with van der Waals surface area (Å²) in [5, 5.41) is 13.7. The van der Waals surface area contributed by atoms with Crippen molar-refractivity contribution in [3.8, 4) is 0 Å². The molecule has 1 aromatic rings. The van der Waals surface area contributed by atoms with Gasteiger partial charge in [-0.3, -0.25) is 9.48 Å². The number of aliphatic hydroxyl groups excluding tert-OH is 1. The number of nitrogens with zero attached hydrogens (tertiary/aromatic N) is 4. The molecular weight excluding hydrogens is 268 g/mol. The Morgan fingerprint density at radius 1 is 1.43 bits per heavy atom. The Kier molecular flexibility index (Phi) is 5.36. The molecule has 0 saturated carbocycles. The SMILES string of the molecule is Cc1ccnn1CCC(=O)N1CC(CO)C(CN(C)C)C1. The Bertz CT molecular complexity index is 472. The van der Waals surface area contributed by atoms with E-state index in [0.717, 1.165) is 18.8 Å². The third-order valence-electron chi connectivity index (χ3n) is 4.23. The minimum Gasteiger partial charge on any atom is -0.396 e. The summed E-state index contributed by atoms with van der Waals surface area (Å²) in [6.07, 6.45) is 2.22. The van der Waals surface area contributed by atoms with Crippen LogP contribution in [0.5, 0.6) is 0 Å². The van der Waals surface area contributed by atoms with Crippen molar-refractivity contribution in [2.24, 2.45) is 11.8 Å². The average Bonchev–Trinajstić information content (AvgIpc) is 3.02. The number of carbonyl (C=O) groups excluding carboxylic acids is 1. The predicted octanol–water partition coefficient (Wildman–Crippen LogP) is 0.210. The summed E-state index contributed by atoms with van der Waals surface area (Å²) in [5.74, 6) is 0.716. The number of aromatic nitrogens is 2. The molecule has 0 bridgehead atoms. The molecule has 1 aliphatic heterocycles. The molecule has 2 rings (SSSR count). The monoisotopic (exact) mass is 294 g/mol. The van der Waals surface area contributed by atoms with Crippen LogP contribution in [0, 0.1) is 18.8 Å². The summed E-state index contributed by atoms with van der Waals surface area (Å²) in [7, 11) is 4.05. The molecule has 6 nitrogen and oxygen atoms in total. The fraction of sp³-hybridized carbons (Fsp3) is 0.733. The lowest BCUT2D eigenvalue weighted by atomic mass is 9.97. The van der Waals surface area contributed by atoms with Crippen LogP contribution in [-0.2, 0) is 11.3 Å². The van der Waals surface area contributed by atoms with Crippen molar-refractivity contribution in [2.45, 2.75) is 19.9 Å². The predicted molar refractivity (Wildman–Crippen MR) is 80.8 cm³/mol. The third-order valence-corrected chi connectivity index (χ3v) is 4.23. The number of carbonyl (C=O) groups is 1. The molecule has 0 spiro atoms. The van der Waals surface area contributed by atoms with Gasteiger partial charge in [0.2, 0.25) is 5.91 Å². The van der Waals surface area contributed by atoms with Crippen LogP contribution in [0.3, 0.4) is 0 Å². The highest BCUT2D eigenvalue weighted by Gasteiger charge is 2.34. The fourth-order valence-corrected chi connectivity index (χ4v) is 3.02. The van der Waals surface area contributed by atoms with E-state index in [0.29, 0.717) is 25.4 Å². The van der Waals surface area contributed by atoms with Crippen LogP contribution in [0.25, 0.3) is 0 Å². The van der Waals surface area contributed by atoms with E-state index in [1.807, 2.05) is 36.7 Å². The van der Waals surface area contributed by atoms with E-state index >= 15 is 0 Å². The molecule has 2 heterocycles. The smallest absolute Gasteiger partial charge is 0.224 e. The normalized spacial score (nSPS) is 22.2. The first kappa shape index (κ1) is 16.0. The number of likely N-dealkylation sites (tertiary alicyclic amines) is 1. The molecule has 0 radical (unpaired) electrons. The van der Waals surface area contributed by atoms with E-state index in [-0.39, 0.29) is 18.4 Å². The van der Waals surface area contributed by atoms with Crippen molar-refractivity contribution in [1.29, 1.82) is 0 Å². The number of hydrogen-bond donors (Lipinski definition) is 1. The maximum Gasteiger partial charge on any atom is 0.224 e. The highest BCUT2D eigenvalue weighted by atomic mass is 16.3. The minimum absolute atomic E-state index is 0.153. The van der Waals surface area contributed by atoms with Crippen LogP contribution < -0.4 is 0 Å². The molecule has 1 saturated heterocycles. The standard InChI is InChI=1S/C15H26N4O2/c1-12-4-6-16-19(12)7-5-15(21)18-9-13(8-17(2)3)14(10-18)11-20/h4,6,13-14,20H,5,7-11H2,1-3H3. The topological polar surface area (TPSA) is 61.6 Å². The third kappa shape index (κ3) is 4.04. The van der Waals surface area contributed by atoms with Crippen LogP contribution in [0.4, 0.5) is 0 Å². The Morgan fingerprint density at radius 3 is 2.71 bits per heavy atom. The first-order valence-corrected chi connectivity index (χ1v) is 7.53. The number of amides is 1. The zero-order valence-electron chi connectivity index (χ0n) is 13.2. The van der Waals surface area contributed by atoms with Crippen LogP contribution in [-0.4, -0.2) is 70.9 Å². The lowest BCUT2D eigenvalue weighted by molar-refractivity contribution is -0.130. The van der Waals surface area contributed by atoms with Crippen molar-refractivity contribution >= 4 is 5.91 Å². The van der Waals surface area contributed by atoms with Gasteiger partial charge in [-0.15, -0.1) is 0 Å². The van der Waals surface area contributed by atoms with Crippen LogP contribution in [0.2, 0.25) is 0 Å². The second-order valence-electron chi connectivity index (χ2n) is 6.21. The largest absolute Gasteiger partial charge is 0.396 e. The van der Waals surface area contributed by atoms with E-state index in [4.69, 9.17) is 0 Å². The van der Waals surface area contributed by atoms with Crippen molar-refractivity contribution in [3.05, 3.63) is 18.0 Å². The minimum atomic E-state index is 0.153. The Hall–Kier alpha value is -1.40. The molecule has 0 aromatic carbocycles. The van der Waals surface area contributed by atoms with Gasteiger partial charge in [0, 0.05) is 57.0 Å². The first-order valence-electron chi connectivity index (χ1n) is 7.53. The van der Waals surface area contributed by atoms with Gasteiger partial charge in [-0.25, -0.2) is 0 Å². The molecular formula is C15H26N4O2. The molecule has 1 aromatic heterocycles. The summed E-state index contributed by atoms with van der Waals surface area (Å²) in [4.78, 5) is 16.4. The molecule has 1 aliphatic rings. The Morgan fingerprint density at radius 2 is 2.14 bits per heavy atom. The van der Waals surface area contributed by atoms with Gasteiger partial charge in [0.1, 0.15) is 0 Å².